The Labute approximate surface area is 120 Å². The van der Waals surface area contributed by atoms with Crippen molar-refractivity contribution in [3.8, 4) is 0 Å². The van der Waals surface area contributed by atoms with Crippen LogP contribution in [0.4, 0.5) is 5.82 Å². The molecule has 0 saturated heterocycles. The number of anilines is 1. The molecule has 0 aliphatic rings. The summed E-state index contributed by atoms with van der Waals surface area (Å²) in [5.41, 5.74) is 2.53. The first-order chi connectivity index (χ1) is 9.95. The van der Waals surface area contributed by atoms with E-state index in [-0.39, 0.29) is 5.91 Å². The molecule has 21 heavy (non-hydrogen) atoms. The van der Waals surface area contributed by atoms with Gasteiger partial charge in [-0.25, -0.2) is 0 Å². The predicted octanol–water partition coefficient (Wildman–Crippen LogP) is 1.57. The molecule has 0 aliphatic carbocycles. The van der Waals surface area contributed by atoms with Crippen LogP contribution in [0.2, 0.25) is 0 Å². The molecule has 3 aromatic rings. The number of hydrogen-bond donors (Lipinski definition) is 1. The van der Waals surface area contributed by atoms with E-state index in [4.69, 9.17) is 4.52 Å². The normalized spacial score (nSPS) is 12.8. The highest BCUT2D eigenvalue weighted by molar-refractivity contribution is 5.92. The molecule has 110 valence electrons. The molecule has 0 radical (unpaired) electrons. The zero-order valence-electron chi connectivity index (χ0n) is 12.3. The number of rotatable bonds is 3. The van der Waals surface area contributed by atoms with E-state index in [1.807, 2.05) is 20.2 Å². The van der Waals surface area contributed by atoms with Crippen LogP contribution in [-0.4, -0.2) is 30.6 Å². The van der Waals surface area contributed by atoms with Gasteiger partial charge in [-0.15, -0.1) is 0 Å². The first-order valence-corrected chi connectivity index (χ1v) is 6.58. The minimum absolute atomic E-state index is 0.207. The zero-order chi connectivity index (χ0) is 15.1. The second-order valence-corrected chi connectivity index (χ2v) is 5.04. The molecule has 0 aliphatic heterocycles. The molecule has 8 nitrogen and oxygen atoms in total. The summed E-state index contributed by atoms with van der Waals surface area (Å²) in [6, 6.07) is 1.20. The molecule has 3 heterocycles. The standard InChI is InChI=1S/C13H16N6O2/c1-7-5-11(17-21-7)14-13(20)9(3)19-6-10-12(16-19)8(2)15-18(10)4/h5-6,9H,1-4H3,(H,14,17,20). The van der Waals surface area contributed by atoms with Gasteiger partial charge in [-0.2, -0.15) is 10.2 Å². The zero-order valence-corrected chi connectivity index (χ0v) is 12.3. The van der Waals surface area contributed by atoms with Gasteiger partial charge in [0.15, 0.2) is 5.82 Å². The molecule has 3 aromatic heterocycles. The van der Waals surface area contributed by atoms with Crippen molar-refractivity contribution < 1.29 is 9.32 Å². The summed E-state index contributed by atoms with van der Waals surface area (Å²) >= 11 is 0. The van der Waals surface area contributed by atoms with E-state index in [9.17, 15) is 4.79 Å². The fourth-order valence-corrected chi connectivity index (χ4v) is 2.18. The van der Waals surface area contributed by atoms with Crippen LogP contribution in [0.5, 0.6) is 0 Å². The number of hydrogen-bond acceptors (Lipinski definition) is 5. The van der Waals surface area contributed by atoms with E-state index in [0.717, 1.165) is 16.7 Å². The van der Waals surface area contributed by atoms with Gasteiger partial charge >= 0.3 is 0 Å². The Balaban J connectivity index is 1.84. The predicted molar refractivity (Wildman–Crippen MR) is 75.8 cm³/mol. The molecule has 1 unspecified atom stereocenters. The van der Waals surface area contributed by atoms with Crippen LogP contribution < -0.4 is 5.32 Å². The number of fused-ring (bicyclic) bond motifs is 1. The van der Waals surface area contributed by atoms with E-state index in [2.05, 4.69) is 20.7 Å². The highest BCUT2D eigenvalue weighted by Crippen LogP contribution is 2.18. The monoisotopic (exact) mass is 288 g/mol. The van der Waals surface area contributed by atoms with Gasteiger partial charge in [0, 0.05) is 13.1 Å². The van der Waals surface area contributed by atoms with Crippen LogP contribution in [-0.2, 0) is 11.8 Å². The highest BCUT2D eigenvalue weighted by atomic mass is 16.5. The summed E-state index contributed by atoms with van der Waals surface area (Å²) in [6.07, 6.45) is 1.81. The second-order valence-electron chi connectivity index (χ2n) is 5.04. The fourth-order valence-electron chi connectivity index (χ4n) is 2.18. The van der Waals surface area contributed by atoms with E-state index in [1.165, 1.54) is 0 Å². The summed E-state index contributed by atoms with van der Waals surface area (Å²) in [5.74, 6) is 0.838. The third-order valence-corrected chi connectivity index (χ3v) is 3.36. The Morgan fingerprint density at radius 2 is 2.14 bits per heavy atom. The molecule has 0 fully saturated rings. The SMILES string of the molecule is Cc1cc(NC(=O)C(C)n2cc3c(n2)c(C)nn3C)no1. The molecule has 0 saturated carbocycles. The number of nitrogens with zero attached hydrogens (tertiary/aromatic N) is 5. The van der Waals surface area contributed by atoms with Gasteiger partial charge in [-0.1, -0.05) is 5.16 Å². The smallest absolute Gasteiger partial charge is 0.250 e. The first-order valence-electron chi connectivity index (χ1n) is 6.58. The Bertz CT molecular complexity index is 777. The van der Waals surface area contributed by atoms with Crippen molar-refractivity contribution in [3.05, 3.63) is 23.7 Å². The fraction of sp³-hybridized carbons (Fsp3) is 0.385. The van der Waals surface area contributed by atoms with Crippen LogP contribution in [0.1, 0.15) is 24.4 Å². The van der Waals surface area contributed by atoms with Gasteiger partial charge in [-0.3, -0.25) is 14.2 Å². The second kappa shape index (κ2) is 4.72. The average molecular weight is 288 g/mol. The van der Waals surface area contributed by atoms with Crippen molar-refractivity contribution in [2.75, 3.05) is 5.32 Å². The molecule has 0 bridgehead atoms. The van der Waals surface area contributed by atoms with Gasteiger partial charge in [0.2, 0.25) is 5.91 Å². The lowest BCUT2D eigenvalue weighted by molar-refractivity contribution is -0.119. The lowest BCUT2D eigenvalue weighted by Gasteiger charge is -2.10. The van der Waals surface area contributed by atoms with Gasteiger partial charge in [-0.05, 0) is 20.8 Å². The molecule has 1 atom stereocenters. The third-order valence-electron chi connectivity index (χ3n) is 3.36. The van der Waals surface area contributed by atoms with Crippen LogP contribution >= 0.6 is 0 Å². The van der Waals surface area contributed by atoms with E-state index in [1.54, 1.807) is 29.3 Å². The minimum Gasteiger partial charge on any atom is -0.360 e. The first kappa shape index (κ1) is 13.3. The summed E-state index contributed by atoms with van der Waals surface area (Å²) in [7, 11) is 1.85. The summed E-state index contributed by atoms with van der Waals surface area (Å²) < 4.78 is 8.30. The summed E-state index contributed by atoms with van der Waals surface area (Å²) in [4.78, 5) is 12.2. The van der Waals surface area contributed by atoms with Crippen molar-refractivity contribution in [2.24, 2.45) is 7.05 Å². The Hall–Kier alpha value is -2.64. The van der Waals surface area contributed by atoms with Gasteiger partial charge in [0.05, 0.1) is 11.9 Å². The van der Waals surface area contributed by atoms with Gasteiger partial charge in [0.1, 0.15) is 22.8 Å². The van der Waals surface area contributed by atoms with E-state index >= 15 is 0 Å². The quantitative estimate of drug-likeness (QED) is 0.790. The lowest BCUT2D eigenvalue weighted by atomic mass is 10.3. The van der Waals surface area contributed by atoms with E-state index < -0.39 is 6.04 Å². The number of amides is 1. The van der Waals surface area contributed by atoms with Crippen molar-refractivity contribution in [1.29, 1.82) is 0 Å². The number of aromatic nitrogens is 5. The minimum atomic E-state index is -0.464. The molecule has 1 N–H and O–H groups in total. The molecule has 0 aromatic carbocycles. The molecule has 1 amide bonds. The maximum Gasteiger partial charge on any atom is 0.250 e. The average Bonchev–Trinajstić information content (AvgIpc) is 3.09. The van der Waals surface area contributed by atoms with Crippen LogP contribution in [0.3, 0.4) is 0 Å². The number of carbonyl (C=O) groups is 1. The van der Waals surface area contributed by atoms with Crippen molar-refractivity contribution in [1.82, 2.24) is 24.7 Å². The Morgan fingerprint density at radius 1 is 1.38 bits per heavy atom. The number of carbonyl (C=O) groups excluding carboxylic acids is 1. The van der Waals surface area contributed by atoms with Crippen molar-refractivity contribution in [2.45, 2.75) is 26.8 Å². The Kier molecular flexibility index (Phi) is 3.00. The van der Waals surface area contributed by atoms with Crippen molar-refractivity contribution in [3.63, 3.8) is 0 Å². The topological polar surface area (TPSA) is 90.8 Å². The van der Waals surface area contributed by atoms with Gasteiger partial charge in [0.25, 0.3) is 0 Å². The highest BCUT2D eigenvalue weighted by Gasteiger charge is 2.19. The van der Waals surface area contributed by atoms with Crippen molar-refractivity contribution >= 4 is 22.8 Å². The number of nitrogens with one attached hydrogen (secondary N) is 1. The molecule has 8 heteroatoms. The lowest BCUT2D eigenvalue weighted by Crippen LogP contribution is -2.24. The van der Waals surface area contributed by atoms with E-state index in [0.29, 0.717) is 11.6 Å². The number of aryl methyl sites for hydroxylation is 3. The van der Waals surface area contributed by atoms with Crippen LogP contribution in [0.25, 0.3) is 11.0 Å². The maximum absolute atomic E-state index is 12.2. The van der Waals surface area contributed by atoms with Crippen LogP contribution in [0.15, 0.2) is 16.8 Å². The maximum atomic E-state index is 12.2. The molecular weight excluding hydrogens is 272 g/mol. The molecular formula is C13H16N6O2. The summed E-state index contributed by atoms with van der Waals surface area (Å²) in [5, 5.41) is 15.2. The molecule has 0 spiro atoms. The van der Waals surface area contributed by atoms with Crippen LogP contribution in [0, 0.1) is 13.8 Å². The largest absolute Gasteiger partial charge is 0.360 e. The molecule has 3 rings (SSSR count). The summed E-state index contributed by atoms with van der Waals surface area (Å²) in [6.45, 7) is 5.43. The third kappa shape index (κ3) is 2.28. The Morgan fingerprint density at radius 3 is 2.76 bits per heavy atom. The van der Waals surface area contributed by atoms with Gasteiger partial charge < -0.3 is 9.84 Å².